The van der Waals surface area contributed by atoms with Crippen LogP contribution in [0.1, 0.15) is 31.2 Å². The number of anilines is 2. The first kappa shape index (κ1) is 17.7. The average molecular weight is 368 g/mol. The molecule has 4 rings (SSSR count). The number of nitrogens with zero attached hydrogens (tertiary/aromatic N) is 5. The molecule has 2 atom stereocenters. The molecule has 2 bridgehead atoms. The van der Waals surface area contributed by atoms with Crippen molar-refractivity contribution in [3.63, 3.8) is 0 Å². The van der Waals surface area contributed by atoms with Crippen LogP contribution < -0.4 is 10.6 Å². The third-order valence-corrected chi connectivity index (χ3v) is 5.91. The summed E-state index contributed by atoms with van der Waals surface area (Å²) in [5.74, 6) is 0.375. The van der Waals surface area contributed by atoms with Crippen LogP contribution in [0, 0.1) is 10.1 Å². The van der Waals surface area contributed by atoms with Crippen molar-refractivity contribution in [2.24, 2.45) is 0 Å². The molecule has 142 valence electrons. The van der Waals surface area contributed by atoms with Gasteiger partial charge in [-0.3, -0.25) is 15.0 Å². The van der Waals surface area contributed by atoms with E-state index in [9.17, 15) is 10.1 Å². The first-order valence-corrected chi connectivity index (χ1v) is 9.32. The third-order valence-electron chi connectivity index (χ3n) is 5.91. The Morgan fingerprint density at radius 2 is 1.93 bits per heavy atom. The van der Waals surface area contributed by atoms with Gasteiger partial charge >= 0.3 is 5.69 Å². The van der Waals surface area contributed by atoms with Gasteiger partial charge in [0.05, 0.1) is 4.92 Å². The predicted octanol–water partition coefficient (Wildman–Crippen LogP) is 2.60. The van der Waals surface area contributed by atoms with Crippen LogP contribution in [0.15, 0.2) is 36.5 Å². The van der Waals surface area contributed by atoms with Crippen LogP contribution in [-0.4, -0.2) is 45.0 Å². The fourth-order valence-electron chi connectivity index (χ4n) is 4.47. The van der Waals surface area contributed by atoms with Crippen molar-refractivity contribution in [1.29, 1.82) is 0 Å². The first-order valence-electron chi connectivity index (χ1n) is 9.32. The van der Waals surface area contributed by atoms with E-state index in [0.717, 1.165) is 19.4 Å². The summed E-state index contributed by atoms with van der Waals surface area (Å²) in [5.41, 5.74) is 6.85. The minimum Gasteiger partial charge on any atom is -0.378 e. The van der Waals surface area contributed by atoms with Crippen molar-refractivity contribution in [2.45, 2.75) is 50.4 Å². The van der Waals surface area contributed by atoms with Gasteiger partial charge in [0.15, 0.2) is 0 Å². The fourth-order valence-corrected chi connectivity index (χ4v) is 4.47. The minimum atomic E-state index is -0.554. The number of hydrogen-bond donors (Lipinski definition) is 1. The summed E-state index contributed by atoms with van der Waals surface area (Å²) < 4.78 is 0. The van der Waals surface area contributed by atoms with Gasteiger partial charge in [0.25, 0.3) is 0 Å². The molecule has 0 amide bonds. The highest BCUT2D eigenvalue weighted by molar-refractivity contribution is 5.53. The van der Waals surface area contributed by atoms with E-state index < -0.39 is 4.92 Å². The van der Waals surface area contributed by atoms with E-state index in [1.165, 1.54) is 24.6 Å². The number of nitrogen functional groups attached to an aromatic ring is 1. The largest absolute Gasteiger partial charge is 0.378 e. The van der Waals surface area contributed by atoms with E-state index in [1.807, 2.05) is 11.9 Å². The van der Waals surface area contributed by atoms with Crippen LogP contribution in [0.4, 0.5) is 17.5 Å². The highest BCUT2D eigenvalue weighted by Crippen LogP contribution is 2.39. The Morgan fingerprint density at radius 3 is 2.52 bits per heavy atom. The summed E-state index contributed by atoms with van der Waals surface area (Å²) in [6, 6.07) is 12.0. The van der Waals surface area contributed by atoms with Gasteiger partial charge in [-0.25, -0.2) is 4.98 Å². The molecule has 2 N–H and O–H groups in total. The molecule has 3 heterocycles. The summed E-state index contributed by atoms with van der Waals surface area (Å²) in [6.45, 7) is 0.994. The quantitative estimate of drug-likeness (QED) is 0.639. The number of hydrogen-bond acceptors (Lipinski definition) is 7. The number of rotatable bonds is 5. The predicted molar refractivity (Wildman–Crippen MR) is 103 cm³/mol. The molecule has 1 aromatic carbocycles. The van der Waals surface area contributed by atoms with Crippen molar-refractivity contribution >= 4 is 17.5 Å². The second kappa shape index (κ2) is 7.11. The Morgan fingerprint density at radius 1 is 1.26 bits per heavy atom. The Hall–Kier alpha value is -2.74. The van der Waals surface area contributed by atoms with E-state index in [1.54, 1.807) is 0 Å². The Balaban J connectivity index is 1.46. The van der Waals surface area contributed by atoms with Gasteiger partial charge in [0, 0.05) is 31.7 Å². The molecule has 0 radical (unpaired) electrons. The van der Waals surface area contributed by atoms with Crippen molar-refractivity contribution in [1.82, 2.24) is 14.9 Å². The lowest BCUT2D eigenvalue weighted by Crippen LogP contribution is -2.49. The van der Waals surface area contributed by atoms with Gasteiger partial charge in [-0.15, -0.1) is 0 Å². The molecule has 8 heteroatoms. The number of benzene rings is 1. The van der Waals surface area contributed by atoms with Crippen molar-refractivity contribution in [3.8, 4) is 0 Å². The molecule has 0 aliphatic carbocycles. The lowest BCUT2D eigenvalue weighted by atomic mass is 9.95. The maximum absolute atomic E-state index is 10.9. The van der Waals surface area contributed by atoms with Crippen LogP contribution in [-0.2, 0) is 6.54 Å². The Labute approximate surface area is 158 Å². The monoisotopic (exact) mass is 368 g/mol. The van der Waals surface area contributed by atoms with Gasteiger partial charge in [-0.05, 0) is 31.2 Å². The molecule has 0 spiro atoms. The van der Waals surface area contributed by atoms with Crippen molar-refractivity contribution < 1.29 is 4.92 Å². The molecule has 8 nitrogen and oxygen atoms in total. The molecule has 2 unspecified atom stereocenters. The maximum Gasteiger partial charge on any atom is 0.329 e. The van der Waals surface area contributed by atoms with Gasteiger partial charge < -0.3 is 10.6 Å². The topological polar surface area (TPSA) is 101 Å². The minimum absolute atomic E-state index is 0.0821. The van der Waals surface area contributed by atoms with Crippen LogP contribution in [0.25, 0.3) is 0 Å². The smallest absolute Gasteiger partial charge is 0.329 e. The SMILES string of the molecule is CN(c1ncc([N+](=O)[O-])c(N)n1)C1CC2CCC(C1)N2Cc1ccccc1. The Kier molecular flexibility index (Phi) is 4.65. The third kappa shape index (κ3) is 3.44. The molecule has 1 aromatic heterocycles. The van der Waals surface area contributed by atoms with Crippen LogP contribution >= 0.6 is 0 Å². The van der Waals surface area contributed by atoms with Gasteiger partial charge in [-0.1, -0.05) is 30.3 Å². The summed E-state index contributed by atoms with van der Waals surface area (Å²) in [7, 11) is 1.96. The van der Waals surface area contributed by atoms with Gasteiger partial charge in [0.1, 0.15) is 6.20 Å². The zero-order chi connectivity index (χ0) is 19.0. The molecule has 2 aromatic rings. The zero-order valence-electron chi connectivity index (χ0n) is 15.4. The lowest BCUT2D eigenvalue weighted by molar-refractivity contribution is -0.384. The van der Waals surface area contributed by atoms with Gasteiger partial charge in [0.2, 0.25) is 11.8 Å². The molecular formula is C19H24N6O2. The molecule has 2 fully saturated rings. The molecule has 2 aliphatic heterocycles. The number of fused-ring (bicyclic) bond motifs is 2. The highest BCUT2D eigenvalue weighted by Gasteiger charge is 2.42. The molecule has 27 heavy (non-hydrogen) atoms. The molecular weight excluding hydrogens is 344 g/mol. The zero-order valence-corrected chi connectivity index (χ0v) is 15.4. The molecule has 2 aliphatic rings. The van der Waals surface area contributed by atoms with Crippen molar-refractivity contribution in [3.05, 3.63) is 52.2 Å². The summed E-state index contributed by atoms with van der Waals surface area (Å²) in [6.07, 6.45) is 5.71. The van der Waals surface area contributed by atoms with E-state index in [4.69, 9.17) is 5.73 Å². The first-order chi connectivity index (χ1) is 13.0. The summed E-state index contributed by atoms with van der Waals surface area (Å²) in [4.78, 5) is 23.4. The number of nitro groups is 1. The Bertz CT molecular complexity index is 816. The van der Waals surface area contributed by atoms with Crippen LogP contribution in [0.3, 0.4) is 0 Å². The van der Waals surface area contributed by atoms with E-state index in [2.05, 4.69) is 45.2 Å². The lowest BCUT2D eigenvalue weighted by Gasteiger charge is -2.42. The fraction of sp³-hybridized carbons (Fsp3) is 0.474. The van der Waals surface area contributed by atoms with Crippen LogP contribution in [0.2, 0.25) is 0 Å². The second-order valence-electron chi connectivity index (χ2n) is 7.48. The standard InChI is InChI=1S/C19H24N6O2/c1-23(19-21-11-17(25(26)27)18(20)22-19)16-9-14-7-8-15(10-16)24(14)12-13-5-3-2-4-6-13/h2-6,11,14-16H,7-10,12H2,1H3,(H2,20,21,22). The van der Waals surface area contributed by atoms with E-state index in [-0.39, 0.29) is 11.5 Å². The number of piperidine rings is 1. The van der Waals surface area contributed by atoms with E-state index >= 15 is 0 Å². The molecule has 2 saturated heterocycles. The second-order valence-corrected chi connectivity index (χ2v) is 7.48. The summed E-state index contributed by atoms with van der Waals surface area (Å²) in [5, 5.41) is 10.9. The molecule has 0 saturated carbocycles. The normalized spacial score (nSPS) is 24.7. The van der Waals surface area contributed by atoms with Gasteiger partial charge in [-0.2, -0.15) is 4.98 Å². The van der Waals surface area contributed by atoms with Crippen LogP contribution in [0.5, 0.6) is 0 Å². The summed E-state index contributed by atoms with van der Waals surface area (Å²) >= 11 is 0. The number of nitrogens with two attached hydrogens (primary N) is 1. The van der Waals surface area contributed by atoms with Crippen molar-refractivity contribution in [2.75, 3.05) is 17.7 Å². The number of aromatic nitrogens is 2. The van der Waals surface area contributed by atoms with E-state index in [0.29, 0.717) is 24.1 Å². The highest BCUT2D eigenvalue weighted by atomic mass is 16.6. The maximum atomic E-state index is 10.9. The average Bonchev–Trinajstić information content (AvgIpc) is 2.89.